The number of nitrogens with zero attached hydrogens (tertiary/aromatic N) is 3. The Bertz CT molecular complexity index is 863. The highest BCUT2D eigenvalue weighted by atomic mass is 127. The Hall–Kier alpha value is -1.88. The zero-order chi connectivity index (χ0) is 20.6. The molecular weight excluding hydrogens is 511 g/mol. The lowest BCUT2D eigenvalue weighted by Crippen LogP contribution is -2.36. The highest BCUT2D eigenvalue weighted by Gasteiger charge is 2.17. The van der Waals surface area contributed by atoms with Crippen LogP contribution in [0.2, 0.25) is 0 Å². The van der Waals surface area contributed by atoms with E-state index in [1.54, 1.807) is 11.3 Å². The molecule has 3 rings (SSSR count). The average Bonchev–Trinajstić information content (AvgIpc) is 3.34. The molecule has 1 aromatic heterocycles. The van der Waals surface area contributed by atoms with Crippen molar-refractivity contribution in [1.82, 2.24) is 20.5 Å². The van der Waals surface area contributed by atoms with E-state index in [4.69, 9.17) is 0 Å². The molecule has 0 bridgehead atoms. The Kier molecular flexibility index (Phi) is 9.83. The van der Waals surface area contributed by atoms with Crippen molar-refractivity contribution < 1.29 is 4.79 Å². The molecular formula is C21H31IN6OS. The van der Waals surface area contributed by atoms with Gasteiger partial charge in [0, 0.05) is 30.2 Å². The lowest BCUT2D eigenvalue weighted by Gasteiger charge is -2.16. The van der Waals surface area contributed by atoms with Crippen LogP contribution in [-0.4, -0.2) is 41.5 Å². The number of halogens is 1. The third-order valence-corrected chi connectivity index (χ3v) is 5.82. The molecule has 164 valence electrons. The van der Waals surface area contributed by atoms with E-state index in [0.29, 0.717) is 13.1 Å². The lowest BCUT2D eigenvalue weighted by atomic mass is 10.2. The van der Waals surface area contributed by atoms with E-state index in [1.165, 1.54) is 4.88 Å². The van der Waals surface area contributed by atoms with Crippen molar-refractivity contribution in [2.75, 3.05) is 25.0 Å². The Morgan fingerprint density at radius 2 is 2.00 bits per heavy atom. The third-order valence-electron chi connectivity index (χ3n) is 4.75. The fraction of sp³-hybridized carbons (Fsp3) is 0.476. The van der Waals surface area contributed by atoms with Gasteiger partial charge in [-0.05, 0) is 51.3 Å². The van der Waals surface area contributed by atoms with Crippen LogP contribution in [0.5, 0.6) is 0 Å². The SMILES string of the molecule is CCNC(=NCc1cccc(NC(=O)N2CCCC2)c1)NCc1sc(C)nc1C.I. The van der Waals surface area contributed by atoms with Gasteiger partial charge in [-0.1, -0.05) is 12.1 Å². The number of amides is 2. The second-order valence-electron chi connectivity index (χ2n) is 7.11. The maximum atomic E-state index is 12.3. The van der Waals surface area contributed by atoms with E-state index >= 15 is 0 Å². The fourth-order valence-electron chi connectivity index (χ4n) is 3.28. The molecule has 0 saturated carbocycles. The summed E-state index contributed by atoms with van der Waals surface area (Å²) < 4.78 is 0. The number of aliphatic imine (C=N–C) groups is 1. The molecule has 0 spiro atoms. The second-order valence-corrected chi connectivity index (χ2v) is 8.40. The van der Waals surface area contributed by atoms with E-state index in [0.717, 1.165) is 60.4 Å². The van der Waals surface area contributed by atoms with Gasteiger partial charge in [-0.3, -0.25) is 0 Å². The van der Waals surface area contributed by atoms with Crippen molar-refractivity contribution in [3.63, 3.8) is 0 Å². The summed E-state index contributed by atoms with van der Waals surface area (Å²) in [6.07, 6.45) is 2.17. The number of carbonyl (C=O) groups is 1. The van der Waals surface area contributed by atoms with Gasteiger partial charge in [-0.2, -0.15) is 0 Å². The first-order valence-electron chi connectivity index (χ1n) is 10.1. The topological polar surface area (TPSA) is 81.7 Å². The van der Waals surface area contributed by atoms with Crippen molar-refractivity contribution in [2.45, 2.75) is 46.7 Å². The number of anilines is 1. The number of likely N-dealkylation sites (tertiary alicyclic amines) is 1. The minimum atomic E-state index is -0.0200. The van der Waals surface area contributed by atoms with Crippen molar-refractivity contribution >= 4 is 53.0 Å². The number of guanidine groups is 1. The summed E-state index contributed by atoms with van der Waals surface area (Å²) in [4.78, 5) is 24.5. The molecule has 2 aromatic rings. The van der Waals surface area contributed by atoms with Crippen LogP contribution >= 0.6 is 35.3 Å². The van der Waals surface area contributed by atoms with Gasteiger partial charge >= 0.3 is 6.03 Å². The van der Waals surface area contributed by atoms with Crippen LogP contribution in [0.4, 0.5) is 10.5 Å². The van der Waals surface area contributed by atoms with E-state index < -0.39 is 0 Å². The summed E-state index contributed by atoms with van der Waals surface area (Å²) in [7, 11) is 0. The van der Waals surface area contributed by atoms with E-state index in [2.05, 4.69) is 25.9 Å². The van der Waals surface area contributed by atoms with Crippen LogP contribution in [0.25, 0.3) is 0 Å². The summed E-state index contributed by atoms with van der Waals surface area (Å²) in [5.74, 6) is 0.768. The molecule has 0 radical (unpaired) electrons. The molecule has 2 amide bonds. The Morgan fingerprint density at radius 3 is 2.67 bits per heavy atom. The van der Waals surface area contributed by atoms with Crippen LogP contribution in [0, 0.1) is 13.8 Å². The first-order valence-corrected chi connectivity index (χ1v) is 11.0. The summed E-state index contributed by atoms with van der Waals surface area (Å²) in [6, 6.07) is 7.86. The first-order chi connectivity index (χ1) is 14.0. The standard InChI is InChI=1S/C21H30N6OS.HI/c1-4-22-20(24-14-19-15(2)25-16(3)29-19)23-13-17-8-7-9-18(12-17)26-21(28)27-10-5-6-11-27;/h7-9,12H,4-6,10-11,13-14H2,1-3H3,(H,26,28)(H2,22,23,24);1H. The van der Waals surface area contributed by atoms with Gasteiger partial charge in [0.25, 0.3) is 0 Å². The minimum absolute atomic E-state index is 0. The molecule has 30 heavy (non-hydrogen) atoms. The molecule has 1 aliphatic rings. The lowest BCUT2D eigenvalue weighted by molar-refractivity contribution is 0.222. The maximum Gasteiger partial charge on any atom is 0.321 e. The van der Waals surface area contributed by atoms with E-state index in [9.17, 15) is 4.79 Å². The fourth-order valence-corrected chi connectivity index (χ4v) is 4.16. The van der Waals surface area contributed by atoms with Gasteiger partial charge in [-0.15, -0.1) is 35.3 Å². The normalized spacial score (nSPS) is 13.7. The molecule has 0 atom stereocenters. The Morgan fingerprint density at radius 1 is 1.23 bits per heavy atom. The van der Waals surface area contributed by atoms with Gasteiger partial charge in [0.05, 0.1) is 23.8 Å². The van der Waals surface area contributed by atoms with Crippen LogP contribution in [0.1, 0.15) is 40.9 Å². The number of carbonyl (C=O) groups excluding carboxylic acids is 1. The molecule has 1 aromatic carbocycles. The number of aromatic nitrogens is 1. The average molecular weight is 542 g/mol. The molecule has 0 aliphatic carbocycles. The monoisotopic (exact) mass is 542 g/mol. The van der Waals surface area contributed by atoms with Gasteiger partial charge in [0.15, 0.2) is 5.96 Å². The first kappa shape index (κ1) is 24.4. The predicted octanol–water partition coefficient (Wildman–Crippen LogP) is 4.26. The molecule has 1 fully saturated rings. The van der Waals surface area contributed by atoms with E-state index in [1.807, 2.05) is 49.9 Å². The number of urea groups is 1. The van der Waals surface area contributed by atoms with Crippen LogP contribution in [-0.2, 0) is 13.1 Å². The number of nitrogens with one attached hydrogen (secondary N) is 3. The molecule has 1 aliphatic heterocycles. The number of aryl methyl sites for hydroxylation is 2. The number of hydrogen-bond acceptors (Lipinski definition) is 4. The molecule has 3 N–H and O–H groups in total. The summed E-state index contributed by atoms with van der Waals surface area (Å²) in [5, 5.41) is 10.7. The molecule has 2 heterocycles. The van der Waals surface area contributed by atoms with Crippen LogP contribution < -0.4 is 16.0 Å². The number of rotatable bonds is 6. The van der Waals surface area contributed by atoms with Crippen LogP contribution in [0.3, 0.4) is 0 Å². The quantitative estimate of drug-likeness (QED) is 0.290. The molecule has 9 heteroatoms. The smallest absolute Gasteiger partial charge is 0.321 e. The Labute approximate surface area is 199 Å². The van der Waals surface area contributed by atoms with Crippen molar-refractivity contribution in [2.24, 2.45) is 4.99 Å². The number of benzene rings is 1. The van der Waals surface area contributed by atoms with Gasteiger partial charge in [-0.25, -0.2) is 14.8 Å². The van der Waals surface area contributed by atoms with Gasteiger partial charge in [0.2, 0.25) is 0 Å². The number of hydrogen-bond donors (Lipinski definition) is 3. The van der Waals surface area contributed by atoms with Crippen LogP contribution in [0.15, 0.2) is 29.3 Å². The summed E-state index contributed by atoms with van der Waals surface area (Å²) >= 11 is 1.71. The zero-order valence-corrected chi connectivity index (χ0v) is 21.0. The summed E-state index contributed by atoms with van der Waals surface area (Å²) in [5.41, 5.74) is 2.92. The maximum absolute atomic E-state index is 12.3. The van der Waals surface area contributed by atoms with Crippen molar-refractivity contribution in [3.8, 4) is 0 Å². The largest absolute Gasteiger partial charge is 0.357 e. The minimum Gasteiger partial charge on any atom is -0.357 e. The molecule has 1 saturated heterocycles. The molecule has 0 unspecified atom stereocenters. The highest BCUT2D eigenvalue weighted by molar-refractivity contribution is 14.0. The summed E-state index contributed by atoms with van der Waals surface area (Å²) in [6.45, 7) is 9.81. The van der Waals surface area contributed by atoms with Crippen molar-refractivity contribution in [1.29, 1.82) is 0 Å². The van der Waals surface area contributed by atoms with E-state index in [-0.39, 0.29) is 30.0 Å². The second kappa shape index (κ2) is 12.1. The van der Waals surface area contributed by atoms with Gasteiger partial charge < -0.3 is 20.9 Å². The zero-order valence-electron chi connectivity index (χ0n) is 17.8. The molecule has 7 nitrogen and oxygen atoms in total. The Balaban J connectivity index is 0.00000320. The number of thiazole rings is 1. The predicted molar refractivity (Wildman–Crippen MR) is 135 cm³/mol. The highest BCUT2D eigenvalue weighted by Crippen LogP contribution is 2.17. The third kappa shape index (κ3) is 7.12. The van der Waals surface area contributed by atoms with Crippen molar-refractivity contribution in [3.05, 3.63) is 45.4 Å². The van der Waals surface area contributed by atoms with Gasteiger partial charge in [0.1, 0.15) is 0 Å².